The van der Waals surface area contributed by atoms with Crippen LogP contribution in [-0.4, -0.2) is 18.4 Å². The SMILES string of the molecule is CC(C)C1=NCC(C(F)(F)F)=C1. The van der Waals surface area contributed by atoms with E-state index in [4.69, 9.17) is 0 Å². The zero-order chi connectivity index (χ0) is 9.35. The summed E-state index contributed by atoms with van der Waals surface area (Å²) < 4.78 is 36.2. The highest BCUT2D eigenvalue weighted by Crippen LogP contribution is 2.29. The summed E-state index contributed by atoms with van der Waals surface area (Å²) in [6, 6.07) is 0. The summed E-state index contributed by atoms with van der Waals surface area (Å²) in [4.78, 5) is 3.79. The highest BCUT2D eigenvalue weighted by Gasteiger charge is 2.35. The molecule has 0 saturated heterocycles. The van der Waals surface area contributed by atoms with Gasteiger partial charge in [0.15, 0.2) is 0 Å². The molecule has 1 rings (SSSR count). The van der Waals surface area contributed by atoms with E-state index in [1.54, 1.807) is 0 Å². The van der Waals surface area contributed by atoms with E-state index >= 15 is 0 Å². The van der Waals surface area contributed by atoms with Gasteiger partial charge in [0.25, 0.3) is 0 Å². The zero-order valence-corrected chi connectivity index (χ0v) is 6.94. The molecule has 4 heteroatoms. The number of nitrogens with zero attached hydrogens (tertiary/aromatic N) is 1. The van der Waals surface area contributed by atoms with Crippen molar-refractivity contribution in [1.29, 1.82) is 0 Å². The molecule has 0 spiro atoms. The standard InChI is InChI=1S/C8H10F3N/c1-5(2)7-3-6(4-12-7)8(9,10)11/h3,5H,4H2,1-2H3. The van der Waals surface area contributed by atoms with E-state index in [0.717, 1.165) is 6.08 Å². The molecular formula is C8H10F3N. The Morgan fingerprint density at radius 3 is 2.25 bits per heavy atom. The fourth-order valence-electron chi connectivity index (χ4n) is 0.967. The quantitative estimate of drug-likeness (QED) is 0.583. The normalized spacial score (nSPS) is 18.2. The molecule has 0 aromatic heterocycles. The molecule has 68 valence electrons. The van der Waals surface area contributed by atoms with Crippen LogP contribution >= 0.6 is 0 Å². The van der Waals surface area contributed by atoms with Gasteiger partial charge in [0, 0.05) is 5.71 Å². The lowest BCUT2D eigenvalue weighted by Crippen LogP contribution is -2.12. The summed E-state index contributed by atoms with van der Waals surface area (Å²) in [5.41, 5.74) is 0.00789. The average molecular weight is 177 g/mol. The monoisotopic (exact) mass is 177 g/mol. The number of allylic oxidation sites excluding steroid dienone is 1. The van der Waals surface area contributed by atoms with Gasteiger partial charge in [-0.3, -0.25) is 4.99 Å². The van der Waals surface area contributed by atoms with Crippen LogP contribution in [0.3, 0.4) is 0 Å². The van der Waals surface area contributed by atoms with Gasteiger partial charge in [0.05, 0.1) is 12.1 Å². The summed E-state index contributed by atoms with van der Waals surface area (Å²) in [5.74, 6) is 0.0739. The van der Waals surface area contributed by atoms with Crippen LogP contribution in [-0.2, 0) is 0 Å². The van der Waals surface area contributed by atoms with Crippen LogP contribution in [0.2, 0.25) is 0 Å². The summed E-state index contributed by atoms with van der Waals surface area (Å²) in [6.07, 6.45) is -3.06. The Balaban J connectivity index is 2.74. The van der Waals surface area contributed by atoms with Crippen molar-refractivity contribution in [3.8, 4) is 0 Å². The van der Waals surface area contributed by atoms with Crippen LogP contribution in [0, 0.1) is 5.92 Å². The number of alkyl halides is 3. The maximum atomic E-state index is 12.1. The number of aliphatic imine (C=N–C) groups is 1. The second-order valence-corrected chi connectivity index (χ2v) is 3.06. The number of halogens is 3. The van der Waals surface area contributed by atoms with Gasteiger partial charge in [-0.15, -0.1) is 0 Å². The van der Waals surface area contributed by atoms with Crippen molar-refractivity contribution in [2.45, 2.75) is 20.0 Å². The maximum Gasteiger partial charge on any atom is 0.414 e. The molecule has 0 aliphatic carbocycles. The largest absolute Gasteiger partial charge is 0.414 e. The highest BCUT2D eigenvalue weighted by molar-refractivity contribution is 5.99. The fraction of sp³-hybridized carbons (Fsp3) is 0.625. The van der Waals surface area contributed by atoms with Crippen molar-refractivity contribution in [2.75, 3.05) is 6.54 Å². The Morgan fingerprint density at radius 1 is 1.42 bits per heavy atom. The molecule has 1 aliphatic rings. The first-order valence-corrected chi connectivity index (χ1v) is 3.73. The molecule has 1 heterocycles. The number of rotatable bonds is 1. The Kier molecular flexibility index (Phi) is 2.26. The summed E-state index contributed by atoms with van der Waals surface area (Å²) in [5, 5.41) is 0. The Hall–Kier alpha value is -0.800. The van der Waals surface area contributed by atoms with Crippen LogP contribution in [0.25, 0.3) is 0 Å². The van der Waals surface area contributed by atoms with Crippen LogP contribution in [0.5, 0.6) is 0 Å². The first-order chi connectivity index (χ1) is 5.41. The molecule has 0 aromatic rings. The highest BCUT2D eigenvalue weighted by atomic mass is 19.4. The Bertz CT molecular complexity index is 235. The van der Waals surface area contributed by atoms with Gasteiger partial charge in [-0.25, -0.2) is 0 Å². The smallest absolute Gasteiger partial charge is 0.285 e. The molecular weight excluding hydrogens is 167 g/mol. The lowest BCUT2D eigenvalue weighted by atomic mass is 10.1. The van der Waals surface area contributed by atoms with Gasteiger partial charge in [-0.2, -0.15) is 13.2 Å². The van der Waals surface area contributed by atoms with Crippen molar-refractivity contribution in [3.63, 3.8) is 0 Å². The minimum absolute atomic E-state index is 0.0739. The van der Waals surface area contributed by atoms with Crippen molar-refractivity contribution in [3.05, 3.63) is 11.6 Å². The van der Waals surface area contributed by atoms with Gasteiger partial charge >= 0.3 is 6.18 Å². The third-order valence-electron chi connectivity index (χ3n) is 1.71. The molecule has 1 nitrogen and oxygen atoms in total. The molecule has 0 aromatic carbocycles. The van der Waals surface area contributed by atoms with Gasteiger partial charge in [0.2, 0.25) is 0 Å². The predicted octanol–water partition coefficient (Wildman–Crippen LogP) is 2.59. The Morgan fingerprint density at radius 2 is 2.00 bits per heavy atom. The van der Waals surface area contributed by atoms with Gasteiger partial charge in [-0.05, 0) is 12.0 Å². The third kappa shape index (κ3) is 1.87. The van der Waals surface area contributed by atoms with Crippen LogP contribution < -0.4 is 0 Å². The number of hydrogen-bond acceptors (Lipinski definition) is 1. The predicted molar refractivity (Wildman–Crippen MR) is 41.3 cm³/mol. The summed E-state index contributed by atoms with van der Waals surface area (Å²) >= 11 is 0. The van der Waals surface area contributed by atoms with E-state index in [0.29, 0.717) is 5.71 Å². The lowest BCUT2D eigenvalue weighted by molar-refractivity contribution is -0.0916. The average Bonchev–Trinajstić information content (AvgIpc) is 2.30. The van der Waals surface area contributed by atoms with E-state index in [9.17, 15) is 13.2 Å². The van der Waals surface area contributed by atoms with Crippen LogP contribution in [0.1, 0.15) is 13.8 Å². The number of hydrogen-bond donors (Lipinski definition) is 0. The minimum Gasteiger partial charge on any atom is -0.285 e. The van der Waals surface area contributed by atoms with E-state index in [-0.39, 0.29) is 12.5 Å². The summed E-state index contributed by atoms with van der Waals surface area (Å²) in [6.45, 7) is 3.44. The minimum atomic E-state index is -4.21. The van der Waals surface area contributed by atoms with Gasteiger partial charge < -0.3 is 0 Å². The maximum absolute atomic E-state index is 12.1. The first-order valence-electron chi connectivity index (χ1n) is 3.73. The fourth-order valence-corrected chi connectivity index (χ4v) is 0.967. The van der Waals surface area contributed by atoms with E-state index in [1.165, 1.54) is 0 Å². The van der Waals surface area contributed by atoms with E-state index < -0.39 is 11.7 Å². The van der Waals surface area contributed by atoms with Gasteiger partial charge in [-0.1, -0.05) is 13.8 Å². The van der Waals surface area contributed by atoms with E-state index in [1.807, 2.05) is 13.8 Å². The second-order valence-electron chi connectivity index (χ2n) is 3.06. The van der Waals surface area contributed by atoms with Crippen molar-refractivity contribution >= 4 is 5.71 Å². The topological polar surface area (TPSA) is 12.4 Å². The zero-order valence-electron chi connectivity index (χ0n) is 6.94. The van der Waals surface area contributed by atoms with E-state index in [2.05, 4.69) is 4.99 Å². The lowest BCUT2D eigenvalue weighted by Gasteiger charge is -2.04. The molecule has 0 amide bonds. The molecule has 0 fully saturated rings. The third-order valence-corrected chi connectivity index (χ3v) is 1.71. The van der Waals surface area contributed by atoms with Crippen molar-refractivity contribution < 1.29 is 13.2 Å². The van der Waals surface area contributed by atoms with Gasteiger partial charge in [0.1, 0.15) is 0 Å². The molecule has 0 saturated carbocycles. The summed E-state index contributed by atoms with van der Waals surface area (Å²) in [7, 11) is 0. The first kappa shape index (κ1) is 9.29. The van der Waals surface area contributed by atoms with Crippen molar-refractivity contribution in [2.24, 2.45) is 10.9 Å². The Labute approximate surface area is 69.0 Å². The van der Waals surface area contributed by atoms with Crippen molar-refractivity contribution in [1.82, 2.24) is 0 Å². The molecule has 0 N–H and O–H groups in total. The molecule has 0 bridgehead atoms. The van der Waals surface area contributed by atoms with Crippen LogP contribution in [0.4, 0.5) is 13.2 Å². The molecule has 0 unspecified atom stereocenters. The van der Waals surface area contributed by atoms with Crippen LogP contribution in [0.15, 0.2) is 16.6 Å². The molecule has 0 radical (unpaired) electrons. The molecule has 0 atom stereocenters. The molecule has 1 aliphatic heterocycles. The second kappa shape index (κ2) is 2.92. The molecule has 12 heavy (non-hydrogen) atoms.